The monoisotopic (exact) mass is 393 g/mol. The maximum atomic E-state index is 12.3. The van der Waals surface area contributed by atoms with E-state index in [9.17, 15) is 23.2 Å². The van der Waals surface area contributed by atoms with Crippen LogP contribution in [0.4, 0.5) is 8.78 Å². The number of ether oxygens (including phenoxy) is 3. The van der Waals surface area contributed by atoms with Gasteiger partial charge in [-0.2, -0.15) is 8.78 Å². The third kappa shape index (κ3) is 6.04. The summed E-state index contributed by atoms with van der Waals surface area (Å²) in [5, 5.41) is 2.30. The molecule has 2 aromatic rings. The Hall–Kier alpha value is -3.49. The molecule has 1 amide bonds. The van der Waals surface area contributed by atoms with E-state index in [2.05, 4.69) is 10.1 Å². The average molecular weight is 393 g/mol. The summed E-state index contributed by atoms with van der Waals surface area (Å²) in [7, 11) is 1.23. The summed E-state index contributed by atoms with van der Waals surface area (Å²) in [6.07, 6.45) is 0. The molecule has 1 N–H and O–H groups in total. The smallest absolute Gasteiger partial charge is 0.387 e. The molecule has 148 valence electrons. The summed E-state index contributed by atoms with van der Waals surface area (Å²) in [4.78, 5) is 35.6. The van der Waals surface area contributed by atoms with E-state index in [1.54, 1.807) is 30.3 Å². The molecule has 0 unspecified atom stereocenters. The van der Waals surface area contributed by atoms with E-state index in [4.69, 9.17) is 9.47 Å². The zero-order valence-corrected chi connectivity index (χ0v) is 14.8. The minimum Gasteiger partial charge on any atom is -0.493 e. The van der Waals surface area contributed by atoms with Crippen LogP contribution >= 0.6 is 0 Å². The highest BCUT2D eigenvalue weighted by Crippen LogP contribution is 2.29. The second kappa shape index (κ2) is 10.0. The van der Waals surface area contributed by atoms with Gasteiger partial charge >= 0.3 is 12.6 Å². The van der Waals surface area contributed by atoms with E-state index in [-0.39, 0.29) is 22.8 Å². The minimum absolute atomic E-state index is 0.0617. The van der Waals surface area contributed by atoms with Crippen molar-refractivity contribution < 1.29 is 37.4 Å². The average Bonchev–Trinajstić information content (AvgIpc) is 2.70. The number of methoxy groups -OCH3 is 1. The molecule has 28 heavy (non-hydrogen) atoms. The van der Waals surface area contributed by atoms with Gasteiger partial charge in [-0.15, -0.1) is 0 Å². The zero-order chi connectivity index (χ0) is 20.5. The Morgan fingerprint density at radius 2 is 1.71 bits per heavy atom. The van der Waals surface area contributed by atoms with Crippen LogP contribution in [0.25, 0.3) is 0 Å². The number of hydrogen-bond acceptors (Lipinski definition) is 6. The van der Waals surface area contributed by atoms with E-state index >= 15 is 0 Å². The molecule has 0 aliphatic carbocycles. The molecule has 7 nitrogen and oxygen atoms in total. The van der Waals surface area contributed by atoms with Crippen LogP contribution in [0.15, 0.2) is 48.5 Å². The Morgan fingerprint density at radius 3 is 2.36 bits per heavy atom. The van der Waals surface area contributed by atoms with Crippen LogP contribution in [0.5, 0.6) is 11.5 Å². The fourth-order valence-electron chi connectivity index (χ4n) is 2.16. The summed E-state index contributed by atoms with van der Waals surface area (Å²) in [6.45, 7) is -3.97. The summed E-state index contributed by atoms with van der Waals surface area (Å²) < 4.78 is 38.6. The van der Waals surface area contributed by atoms with Crippen LogP contribution in [0.3, 0.4) is 0 Å². The van der Waals surface area contributed by atoms with Crippen molar-refractivity contribution in [3.63, 3.8) is 0 Å². The first-order valence-corrected chi connectivity index (χ1v) is 8.05. The Balaban J connectivity index is 1.86. The molecule has 0 radical (unpaired) electrons. The molecular formula is C19H17F2NO6. The Labute approximate surface area is 159 Å². The summed E-state index contributed by atoms with van der Waals surface area (Å²) in [5.41, 5.74) is 0.462. The number of carbonyl (C=O) groups excluding carboxylic acids is 3. The quantitative estimate of drug-likeness (QED) is 0.520. The predicted octanol–water partition coefficient (Wildman–Crippen LogP) is 2.45. The first kappa shape index (κ1) is 20.8. The first-order valence-electron chi connectivity index (χ1n) is 8.05. The molecule has 0 aliphatic heterocycles. The van der Waals surface area contributed by atoms with E-state index < -0.39 is 31.6 Å². The summed E-state index contributed by atoms with van der Waals surface area (Å²) in [6, 6.07) is 11.9. The van der Waals surface area contributed by atoms with E-state index in [1.165, 1.54) is 19.2 Å². The topological polar surface area (TPSA) is 90.9 Å². The number of esters is 1. The van der Waals surface area contributed by atoms with Gasteiger partial charge in [0.25, 0.3) is 5.91 Å². The lowest BCUT2D eigenvalue weighted by Crippen LogP contribution is -2.31. The molecule has 0 atom stereocenters. The van der Waals surface area contributed by atoms with E-state index in [0.717, 1.165) is 6.07 Å². The van der Waals surface area contributed by atoms with Crippen molar-refractivity contribution >= 4 is 17.7 Å². The molecule has 0 heterocycles. The predicted molar refractivity (Wildman–Crippen MR) is 93.7 cm³/mol. The highest BCUT2D eigenvalue weighted by Gasteiger charge is 2.15. The fourth-order valence-corrected chi connectivity index (χ4v) is 2.16. The number of ketones is 1. The standard InChI is InChI=1S/C19H17F2NO6/c1-26-16-9-13(7-8-15(16)28-19(20)21)18(25)22-10-17(24)27-11-14(23)12-5-3-2-4-6-12/h2-9,19H,10-11H2,1H3,(H,22,25). The highest BCUT2D eigenvalue weighted by molar-refractivity contribution is 5.99. The fraction of sp³-hybridized carbons (Fsp3) is 0.211. The summed E-state index contributed by atoms with van der Waals surface area (Å²) in [5.74, 6) is -2.13. The number of nitrogens with one attached hydrogen (secondary N) is 1. The van der Waals surface area contributed by atoms with Gasteiger partial charge in [-0.25, -0.2) is 0 Å². The lowest BCUT2D eigenvalue weighted by atomic mass is 10.1. The normalized spacial score (nSPS) is 10.3. The van der Waals surface area contributed by atoms with Gasteiger partial charge < -0.3 is 19.5 Å². The lowest BCUT2D eigenvalue weighted by molar-refractivity contribution is -0.141. The molecule has 0 aromatic heterocycles. The molecule has 0 fully saturated rings. The molecule has 2 rings (SSSR count). The van der Waals surface area contributed by atoms with Gasteiger partial charge in [-0.3, -0.25) is 14.4 Å². The molecule has 0 saturated heterocycles. The maximum absolute atomic E-state index is 12.3. The maximum Gasteiger partial charge on any atom is 0.387 e. The summed E-state index contributed by atoms with van der Waals surface area (Å²) >= 11 is 0. The number of hydrogen-bond donors (Lipinski definition) is 1. The van der Waals surface area contributed by atoms with Gasteiger partial charge in [0.1, 0.15) is 6.54 Å². The Morgan fingerprint density at radius 1 is 1.00 bits per heavy atom. The minimum atomic E-state index is -3.04. The third-order valence-corrected chi connectivity index (χ3v) is 3.50. The zero-order valence-electron chi connectivity index (χ0n) is 14.8. The van der Waals surface area contributed by atoms with Crippen molar-refractivity contribution in [1.82, 2.24) is 5.32 Å². The molecule has 9 heteroatoms. The van der Waals surface area contributed by atoms with Crippen LogP contribution < -0.4 is 14.8 Å². The number of amides is 1. The van der Waals surface area contributed by atoms with Crippen molar-refractivity contribution in [3.05, 3.63) is 59.7 Å². The third-order valence-electron chi connectivity index (χ3n) is 3.50. The van der Waals surface area contributed by atoms with Gasteiger partial charge in [-0.1, -0.05) is 30.3 Å². The van der Waals surface area contributed by atoms with Crippen molar-refractivity contribution in [2.75, 3.05) is 20.3 Å². The molecule has 2 aromatic carbocycles. The second-order valence-electron chi connectivity index (χ2n) is 5.38. The molecular weight excluding hydrogens is 376 g/mol. The first-order chi connectivity index (χ1) is 13.4. The van der Waals surface area contributed by atoms with Crippen molar-refractivity contribution in [2.45, 2.75) is 6.61 Å². The van der Waals surface area contributed by atoms with E-state index in [1.807, 2.05) is 0 Å². The number of alkyl halides is 2. The van der Waals surface area contributed by atoms with Crippen LogP contribution in [0.1, 0.15) is 20.7 Å². The Kier molecular flexibility index (Phi) is 7.44. The molecule has 0 aliphatic rings. The van der Waals surface area contributed by atoms with Crippen LogP contribution in [-0.2, 0) is 9.53 Å². The van der Waals surface area contributed by atoms with E-state index in [0.29, 0.717) is 5.56 Å². The Bertz CT molecular complexity index is 842. The number of rotatable bonds is 9. The van der Waals surface area contributed by atoms with Crippen molar-refractivity contribution in [1.29, 1.82) is 0 Å². The van der Waals surface area contributed by atoms with Crippen LogP contribution in [-0.4, -0.2) is 44.5 Å². The molecule has 0 bridgehead atoms. The molecule has 0 spiro atoms. The highest BCUT2D eigenvalue weighted by atomic mass is 19.3. The van der Waals surface area contributed by atoms with Gasteiger partial charge in [0, 0.05) is 11.1 Å². The number of Topliss-reactive ketones (excluding diaryl/α,β-unsaturated/α-hetero) is 1. The van der Waals surface area contributed by atoms with Crippen LogP contribution in [0.2, 0.25) is 0 Å². The van der Waals surface area contributed by atoms with Gasteiger partial charge in [0.05, 0.1) is 7.11 Å². The van der Waals surface area contributed by atoms with Gasteiger partial charge in [0.15, 0.2) is 23.9 Å². The number of benzene rings is 2. The largest absolute Gasteiger partial charge is 0.493 e. The van der Waals surface area contributed by atoms with Crippen molar-refractivity contribution in [2.24, 2.45) is 0 Å². The second-order valence-corrected chi connectivity index (χ2v) is 5.38. The number of carbonyl (C=O) groups is 3. The van der Waals surface area contributed by atoms with Crippen LogP contribution in [0, 0.1) is 0 Å². The molecule has 0 saturated carbocycles. The van der Waals surface area contributed by atoms with Crippen molar-refractivity contribution in [3.8, 4) is 11.5 Å². The lowest BCUT2D eigenvalue weighted by Gasteiger charge is -2.11. The number of halogens is 2. The van der Waals surface area contributed by atoms with Gasteiger partial charge in [0.2, 0.25) is 0 Å². The SMILES string of the molecule is COc1cc(C(=O)NCC(=O)OCC(=O)c2ccccc2)ccc1OC(F)F. The van der Waals surface area contributed by atoms with Gasteiger partial charge in [-0.05, 0) is 18.2 Å².